The first-order valence-corrected chi connectivity index (χ1v) is 16.8. The SMILES string of the molecule is Cc1nsc(CNc2nc(OC[C@@]34CCCN3C[C@H](F)C4)nc3c(Cl)c(-c4ccc(F)c5sc(N)c(C#N)c45)c4c(c23)COC4)n1. The second kappa shape index (κ2) is 11.2. The molecule has 0 spiro atoms. The van der Waals surface area contributed by atoms with Gasteiger partial charge in [0.05, 0.1) is 51.5 Å². The van der Waals surface area contributed by atoms with Crippen molar-refractivity contribution in [2.24, 2.45) is 0 Å². The van der Waals surface area contributed by atoms with Crippen molar-refractivity contribution in [2.45, 2.75) is 57.7 Å². The van der Waals surface area contributed by atoms with Crippen LogP contribution in [0.4, 0.5) is 19.6 Å². The normalized spacial score (nSPS) is 20.8. The lowest BCUT2D eigenvalue weighted by Crippen LogP contribution is -2.43. The number of hydrogen-bond acceptors (Lipinski definition) is 12. The number of thiophene rings is 1. The number of aryl methyl sites for hydroxylation is 1. The van der Waals surface area contributed by atoms with Crippen LogP contribution in [-0.2, 0) is 24.5 Å². The topological polar surface area (TPSA) is 135 Å². The summed E-state index contributed by atoms with van der Waals surface area (Å²) >= 11 is 9.61. The van der Waals surface area contributed by atoms with Crippen LogP contribution in [0.2, 0.25) is 5.02 Å². The number of aromatic nitrogens is 4. The Morgan fingerprint density at radius 3 is 2.91 bits per heavy atom. The highest BCUT2D eigenvalue weighted by Gasteiger charge is 2.49. The van der Waals surface area contributed by atoms with Crippen LogP contribution < -0.4 is 15.8 Å². The first-order chi connectivity index (χ1) is 22.3. The highest BCUT2D eigenvalue weighted by molar-refractivity contribution is 7.23. The van der Waals surface area contributed by atoms with Crippen molar-refractivity contribution in [1.29, 1.82) is 5.26 Å². The summed E-state index contributed by atoms with van der Waals surface area (Å²) < 4.78 is 46.3. The fourth-order valence-electron chi connectivity index (χ4n) is 7.21. The Hall–Kier alpha value is -3.74. The first kappa shape index (κ1) is 29.6. The van der Waals surface area contributed by atoms with Crippen LogP contribution >= 0.6 is 34.5 Å². The number of ether oxygens (including phenoxy) is 2. The van der Waals surface area contributed by atoms with Gasteiger partial charge in [-0.25, -0.2) is 13.8 Å². The maximum Gasteiger partial charge on any atom is 0.319 e. The Morgan fingerprint density at radius 2 is 2.11 bits per heavy atom. The molecule has 6 heterocycles. The summed E-state index contributed by atoms with van der Waals surface area (Å²) in [6, 6.07) is 5.22. The van der Waals surface area contributed by atoms with Gasteiger partial charge in [-0.1, -0.05) is 17.7 Å². The summed E-state index contributed by atoms with van der Waals surface area (Å²) in [6.07, 6.45) is 1.33. The van der Waals surface area contributed by atoms with E-state index in [9.17, 15) is 9.65 Å². The molecule has 10 nitrogen and oxygen atoms in total. The van der Waals surface area contributed by atoms with Crippen molar-refractivity contribution in [1.82, 2.24) is 24.2 Å². The molecule has 8 rings (SSSR count). The molecule has 0 radical (unpaired) electrons. The molecule has 3 aliphatic heterocycles. The van der Waals surface area contributed by atoms with Crippen molar-refractivity contribution >= 4 is 66.3 Å². The predicted molar refractivity (Wildman–Crippen MR) is 173 cm³/mol. The number of nitrogen functional groups attached to an aromatic ring is 1. The summed E-state index contributed by atoms with van der Waals surface area (Å²) in [5, 5.41) is 15.7. The van der Waals surface area contributed by atoms with Gasteiger partial charge in [0, 0.05) is 23.9 Å². The Morgan fingerprint density at radius 1 is 1.26 bits per heavy atom. The molecule has 0 amide bonds. The number of benzene rings is 2. The quantitative estimate of drug-likeness (QED) is 0.196. The van der Waals surface area contributed by atoms with Gasteiger partial charge in [-0.15, -0.1) is 11.3 Å². The summed E-state index contributed by atoms with van der Waals surface area (Å²) in [5.41, 5.74) is 9.15. The fraction of sp³-hybridized carbons (Fsp3) is 0.387. The maximum absolute atomic E-state index is 15.0. The molecule has 236 valence electrons. The van der Waals surface area contributed by atoms with E-state index in [2.05, 4.69) is 25.6 Å². The zero-order valence-electron chi connectivity index (χ0n) is 24.6. The third-order valence-corrected chi connectivity index (χ3v) is 11.4. The number of nitrogens with zero attached hydrogens (tertiary/aromatic N) is 6. The van der Waals surface area contributed by atoms with Crippen molar-refractivity contribution in [3.05, 3.63) is 50.5 Å². The van der Waals surface area contributed by atoms with E-state index in [4.69, 9.17) is 36.8 Å². The number of halogens is 3. The molecule has 15 heteroatoms. The minimum Gasteiger partial charge on any atom is -0.461 e. The second-order valence-corrected chi connectivity index (χ2v) is 14.2. The highest BCUT2D eigenvalue weighted by Crippen LogP contribution is 2.49. The molecule has 0 bridgehead atoms. The molecular weight excluding hydrogens is 654 g/mol. The number of alkyl halides is 1. The number of nitrogens with one attached hydrogen (secondary N) is 1. The van der Waals surface area contributed by atoms with Gasteiger partial charge in [0.1, 0.15) is 46.3 Å². The van der Waals surface area contributed by atoms with Crippen LogP contribution in [0.3, 0.4) is 0 Å². The molecule has 46 heavy (non-hydrogen) atoms. The van der Waals surface area contributed by atoms with Gasteiger partial charge in [0.2, 0.25) is 0 Å². The van der Waals surface area contributed by atoms with E-state index in [-0.39, 0.29) is 46.1 Å². The van der Waals surface area contributed by atoms with E-state index in [1.807, 2.05) is 6.92 Å². The third-order valence-electron chi connectivity index (χ3n) is 9.18. The predicted octanol–water partition coefficient (Wildman–Crippen LogP) is 6.52. The summed E-state index contributed by atoms with van der Waals surface area (Å²) in [4.78, 5) is 16.3. The number of nitrogens with two attached hydrogens (primary N) is 1. The van der Waals surface area contributed by atoms with Gasteiger partial charge in [-0.05, 0) is 60.6 Å². The maximum atomic E-state index is 15.0. The molecule has 0 saturated carbocycles. The molecule has 2 atom stereocenters. The molecule has 2 aromatic carbocycles. The molecule has 0 aliphatic carbocycles. The highest BCUT2D eigenvalue weighted by atomic mass is 35.5. The number of anilines is 2. The van der Waals surface area contributed by atoms with Crippen molar-refractivity contribution in [3.8, 4) is 23.2 Å². The third kappa shape index (κ3) is 4.67. The van der Waals surface area contributed by atoms with E-state index < -0.39 is 17.5 Å². The fourth-order valence-corrected chi connectivity index (χ4v) is 9.10. The molecule has 2 saturated heterocycles. The number of rotatable bonds is 7. The van der Waals surface area contributed by atoms with Gasteiger partial charge >= 0.3 is 6.01 Å². The zero-order chi connectivity index (χ0) is 31.7. The van der Waals surface area contributed by atoms with Crippen molar-refractivity contribution in [3.63, 3.8) is 0 Å². The lowest BCUT2D eigenvalue weighted by Gasteiger charge is -2.30. The van der Waals surface area contributed by atoms with Gasteiger partial charge in [-0.3, -0.25) is 4.90 Å². The van der Waals surface area contributed by atoms with E-state index >= 15 is 4.39 Å². The van der Waals surface area contributed by atoms with Crippen LogP contribution in [0.5, 0.6) is 6.01 Å². The summed E-state index contributed by atoms with van der Waals surface area (Å²) in [5.74, 6) is 0.696. The molecule has 0 unspecified atom stereocenters. The average molecular weight is 681 g/mol. The van der Waals surface area contributed by atoms with E-state index in [0.717, 1.165) is 46.9 Å². The second-order valence-electron chi connectivity index (χ2n) is 11.9. The standard InChI is InChI=1S/C31H27ClF2N8O2S2/c1-14-38-21(46-41-14)9-37-29-24-19-12-43-11-18(19)22(16-3-4-20(34)27-23(16)17(8-35)28(36)45-27)25(32)26(24)39-30(40-29)44-13-31-5-2-6-42(31)10-15(33)7-31/h3-4,15H,2,5-7,9-13,36H2,1H3,(H,37,39,40)/t15-,31+/m1/s1. The van der Waals surface area contributed by atoms with Crippen LogP contribution in [-0.4, -0.2) is 55.6 Å². The summed E-state index contributed by atoms with van der Waals surface area (Å²) in [6.45, 7) is 4.18. The lowest BCUT2D eigenvalue weighted by molar-refractivity contribution is 0.107. The Bertz CT molecular complexity index is 2100. The summed E-state index contributed by atoms with van der Waals surface area (Å²) in [7, 11) is 0. The molecular formula is C31H27ClF2N8O2S2. The number of hydrogen-bond donors (Lipinski definition) is 2. The molecule has 5 aromatic rings. The van der Waals surface area contributed by atoms with Crippen LogP contribution in [0.25, 0.3) is 32.1 Å². The first-order valence-electron chi connectivity index (χ1n) is 14.8. The molecule has 2 fully saturated rings. The zero-order valence-corrected chi connectivity index (χ0v) is 27.0. The Kier molecular flexibility index (Phi) is 7.22. The van der Waals surface area contributed by atoms with Gasteiger partial charge < -0.3 is 20.5 Å². The van der Waals surface area contributed by atoms with Crippen LogP contribution in [0.1, 0.15) is 46.8 Å². The largest absolute Gasteiger partial charge is 0.461 e. The van der Waals surface area contributed by atoms with E-state index in [0.29, 0.717) is 58.6 Å². The minimum absolute atomic E-state index is 0.0976. The van der Waals surface area contributed by atoms with Gasteiger partial charge in [0.15, 0.2) is 0 Å². The smallest absolute Gasteiger partial charge is 0.319 e. The van der Waals surface area contributed by atoms with Crippen LogP contribution in [0.15, 0.2) is 12.1 Å². The molecule has 3 aliphatic rings. The van der Waals surface area contributed by atoms with Gasteiger partial charge in [0.25, 0.3) is 0 Å². The molecule has 3 N–H and O–H groups in total. The minimum atomic E-state index is -0.898. The average Bonchev–Trinajstić information content (AvgIpc) is 3.85. The number of nitriles is 1. The number of fused-ring (bicyclic) bond motifs is 5. The van der Waals surface area contributed by atoms with Crippen molar-refractivity contribution in [2.75, 3.05) is 30.7 Å². The Balaban J connectivity index is 1.31. The lowest BCUT2D eigenvalue weighted by atomic mass is 9.91. The van der Waals surface area contributed by atoms with Gasteiger partial charge in [-0.2, -0.15) is 19.6 Å². The van der Waals surface area contributed by atoms with E-state index in [1.165, 1.54) is 17.6 Å². The van der Waals surface area contributed by atoms with Crippen molar-refractivity contribution < 1.29 is 18.3 Å². The van der Waals surface area contributed by atoms with Crippen LogP contribution in [0, 0.1) is 24.1 Å². The van der Waals surface area contributed by atoms with E-state index in [1.54, 1.807) is 6.07 Å². The molecule has 3 aromatic heterocycles. The Labute approximate surface area is 275 Å². The monoisotopic (exact) mass is 680 g/mol.